The average Bonchev–Trinajstić information content (AvgIpc) is 3.30. The van der Waals surface area contributed by atoms with Gasteiger partial charge in [0, 0.05) is 43.7 Å². The van der Waals surface area contributed by atoms with Gasteiger partial charge in [-0.1, -0.05) is 25.1 Å². The second kappa shape index (κ2) is 11.7. The second-order valence-electron chi connectivity index (χ2n) is 9.09. The Morgan fingerprint density at radius 2 is 1.66 bits per heavy atom. The highest BCUT2D eigenvalue weighted by Gasteiger charge is 2.30. The molecule has 38 heavy (non-hydrogen) atoms. The number of hydrogen-bond acceptors (Lipinski definition) is 6. The van der Waals surface area contributed by atoms with E-state index < -0.39 is 10.0 Å². The molecule has 0 unspecified atom stereocenters. The Bertz CT molecular complexity index is 1400. The maximum Gasteiger partial charge on any atom is 0.264 e. The summed E-state index contributed by atoms with van der Waals surface area (Å²) >= 11 is 1.46. The molecular formula is C28H34N4O4S2. The number of benzene rings is 2. The zero-order valence-electron chi connectivity index (χ0n) is 22.2. The van der Waals surface area contributed by atoms with E-state index in [1.165, 1.54) is 47.0 Å². The van der Waals surface area contributed by atoms with Crippen LogP contribution < -0.4 is 9.62 Å². The normalized spacial score (nSPS) is 13.6. The number of nitrogens with one attached hydrogen (secondary N) is 1. The summed E-state index contributed by atoms with van der Waals surface area (Å²) in [7, 11) is -2.29. The molecule has 8 nitrogen and oxygen atoms in total. The third-order valence-corrected chi connectivity index (χ3v) is 9.90. The van der Waals surface area contributed by atoms with Crippen LogP contribution in [0.4, 0.5) is 10.7 Å². The van der Waals surface area contributed by atoms with E-state index >= 15 is 0 Å². The summed E-state index contributed by atoms with van der Waals surface area (Å²) in [5.41, 5.74) is 2.47. The monoisotopic (exact) mass is 554 g/mol. The molecule has 2 aromatic carbocycles. The number of sulfonamides is 1. The fourth-order valence-electron chi connectivity index (χ4n) is 4.60. The van der Waals surface area contributed by atoms with Gasteiger partial charge in [-0.15, -0.1) is 11.3 Å². The molecule has 1 aliphatic heterocycles. The molecule has 0 aliphatic carbocycles. The lowest BCUT2D eigenvalue weighted by Crippen LogP contribution is -2.34. The first-order valence-electron chi connectivity index (χ1n) is 12.8. The predicted molar refractivity (Wildman–Crippen MR) is 153 cm³/mol. The molecule has 1 aliphatic rings. The van der Waals surface area contributed by atoms with Crippen LogP contribution in [-0.2, 0) is 23.0 Å². The fourth-order valence-corrected chi connectivity index (χ4v) is 7.07. The smallest absolute Gasteiger partial charge is 0.264 e. The predicted octanol–water partition coefficient (Wildman–Crippen LogP) is 4.69. The summed E-state index contributed by atoms with van der Waals surface area (Å²) < 4.78 is 27.4. The van der Waals surface area contributed by atoms with E-state index in [1.807, 2.05) is 19.9 Å². The number of likely N-dealkylation sites (N-methyl/N-ethyl adjacent to an activating group) is 1. The summed E-state index contributed by atoms with van der Waals surface area (Å²) in [4.78, 5) is 32.0. The Balaban J connectivity index is 1.60. The maximum absolute atomic E-state index is 13.5. The fraction of sp³-hybridized carbons (Fsp3) is 0.357. The van der Waals surface area contributed by atoms with Gasteiger partial charge in [0.25, 0.3) is 21.8 Å². The standard InChI is InChI=1S/C28H34N4O4S2/c1-5-31-18-17-23-24(19-31)37-27(25(23)28(34)32(6-2)7-3)29-26(33)20-13-15-22(16-14-20)38(35,36)30(4)21-11-9-8-10-12-21/h8-16H,5-7,17-19H2,1-4H3,(H,29,33). The number of thiophene rings is 1. The highest BCUT2D eigenvalue weighted by Crippen LogP contribution is 2.38. The molecule has 0 bridgehead atoms. The Morgan fingerprint density at radius 3 is 2.26 bits per heavy atom. The third kappa shape index (κ3) is 5.48. The number of para-hydroxylation sites is 1. The average molecular weight is 555 g/mol. The van der Waals surface area contributed by atoms with Gasteiger partial charge in [-0.25, -0.2) is 8.42 Å². The highest BCUT2D eigenvalue weighted by atomic mass is 32.2. The van der Waals surface area contributed by atoms with Crippen LogP contribution >= 0.6 is 11.3 Å². The van der Waals surface area contributed by atoms with Crippen LogP contribution in [0.2, 0.25) is 0 Å². The van der Waals surface area contributed by atoms with E-state index in [1.54, 1.807) is 29.2 Å². The van der Waals surface area contributed by atoms with Crippen LogP contribution in [0.1, 0.15) is 51.9 Å². The first-order valence-corrected chi connectivity index (χ1v) is 15.1. The van der Waals surface area contributed by atoms with Crippen molar-refractivity contribution in [2.24, 2.45) is 0 Å². The third-order valence-electron chi connectivity index (χ3n) is 6.97. The van der Waals surface area contributed by atoms with Crippen molar-refractivity contribution < 1.29 is 18.0 Å². The summed E-state index contributed by atoms with van der Waals surface area (Å²) in [6.45, 7) is 9.73. The molecule has 2 amide bonds. The van der Waals surface area contributed by atoms with E-state index in [0.29, 0.717) is 34.9 Å². The number of carbonyl (C=O) groups excluding carboxylic acids is 2. The van der Waals surface area contributed by atoms with Crippen molar-refractivity contribution in [3.8, 4) is 0 Å². The molecule has 0 spiro atoms. The van der Waals surface area contributed by atoms with Crippen LogP contribution in [0.15, 0.2) is 59.5 Å². The lowest BCUT2D eigenvalue weighted by Gasteiger charge is -2.26. The molecule has 0 saturated heterocycles. The van der Waals surface area contributed by atoms with E-state index in [2.05, 4.69) is 17.1 Å². The lowest BCUT2D eigenvalue weighted by atomic mass is 10.0. The minimum Gasteiger partial charge on any atom is -0.339 e. The number of amides is 2. The molecule has 0 atom stereocenters. The van der Waals surface area contributed by atoms with Crippen molar-refractivity contribution in [2.75, 3.05) is 42.8 Å². The van der Waals surface area contributed by atoms with Crippen LogP contribution in [0.5, 0.6) is 0 Å². The summed E-state index contributed by atoms with van der Waals surface area (Å²) in [5, 5.41) is 3.51. The highest BCUT2D eigenvalue weighted by molar-refractivity contribution is 7.92. The molecule has 0 radical (unpaired) electrons. The van der Waals surface area contributed by atoms with Crippen LogP contribution in [-0.4, -0.2) is 63.3 Å². The van der Waals surface area contributed by atoms with Crippen molar-refractivity contribution in [3.63, 3.8) is 0 Å². The number of anilines is 2. The maximum atomic E-state index is 13.5. The lowest BCUT2D eigenvalue weighted by molar-refractivity contribution is 0.0772. The Morgan fingerprint density at radius 1 is 1.00 bits per heavy atom. The molecule has 10 heteroatoms. The van der Waals surface area contributed by atoms with Gasteiger partial charge in [-0.2, -0.15) is 0 Å². The van der Waals surface area contributed by atoms with Crippen LogP contribution in [0.3, 0.4) is 0 Å². The Kier molecular flexibility index (Phi) is 8.54. The summed E-state index contributed by atoms with van der Waals surface area (Å²) in [6.07, 6.45) is 0.763. The summed E-state index contributed by atoms with van der Waals surface area (Å²) in [6, 6.07) is 14.7. The Labute approximate surface area is 228 Å². The number of hydrogen-bond donors (Lipinski definition) is 1. The van der Waals surface area contributed by atoms with Gasteiger partial charge in [-0.3, -0.25) is 18.8 Å². The van der Waals surface area contributed by atoms with E-state index in [4.69, 9.17) is 0 Å². The Hall–Kier alpha value is -3.21. The molecular weight excluding hydrogens is 520 g/mol. The van der Waals surface area contributed by atoms with Gasteiger partial charge in [0.05, 0.1) is 16.1 Å². The molecule has 0 fully saturated rings. The quantitative estimate of drug-likeness (QED) is 0.415. The zero-order valence-corrected chi connectivity index (χ0v) is 23.9. The van der Waals surface area contributed by atoms with E-state index in [0.717, 1.165) is 36.5 Å². The number of carbonyl (C=O) groups is 2. The van der Waals surface area contributed by atoms with Crippen molar-refractivity contribution in [3.05, 3.63) is 76.2 Å². The van der Waals surface area contributed by atoms with Crippen LogP contribution in [0, 0.1) is 0 Å². The molecule has 3 aromatic rings. The molecule has 202 valence electrons. The molecule has 2 heterocycles. The topological polar surface area (TPSA) is 90.0 Å². The van der Waals surface area contributed by atoms with Gasteiger partial charge in [0.2, 0.25) is 0 Å². The van der Waals surface area contributed by atoms with E-state index in [-0.39, 0.29) is 16.7 Å². The van der Waals surface area contributed by atoms with Crippen molar-refractivity contribution in [1.82, 2.24) is 9.80 Å². The number of fused-ring (bicyclic) bond motifs is 1. The largest absolute Gasteiger partial charge is 0.339 e. The van der Waals surface area contributed by atoms with Gasteiger partial charge in [0.15, 0.2) is 0 Å². The number of nitrogens with zero attached hydrogens (tertiary/aromatic N) is 3. The zero-order chi connectivity index (χ0) is 27.4. The molecule has 4 rings (SSSR count). The molecule has 1 aromatic heterocycles. The molecule has 1 N–H and O–H groups in total. The number of rotatable bonds is 9. The van der Waals surface area contributed by atoms with E-state index in [9.17, 15) is 18.0 Å². The van der Waals surface area contributed by atoms with Crippen molar-refractivity contribution >= 4 is 43.9 Å². The van der Waals surface area contributed by atoms with Crippen LogP contribution in [0.25, 0.3) is 0 Å². The van der Waals surface area contributed by atoms with Crippen molar-refractivity contribution in [1.29, 1.82) is 0 Å². The van der Waals surface area contributed by atoms with Gasteiger partial charge >= 0.3 is 0 Å². The van der Waals surface area contributed by atoms with Gasteiger partial charge in [-0.05, 0) is 68.8 Å². The molecule has 0 saturated carbocycles. The minimum absolute atomic E-state index is 0.0712. The van der Waals surface area contributed by atoms with Gasteiger partial charge in [0.1, 0.15) is 5.00 Å². The SMILES string of the molecule is CCN1CCc2c(sc(NC(=O)c3ccc(S(=O)(=O)N(C)c4ccccc4)cc3)c2C(=O)N(CC)CC)C1. The minimum atomic E-state index is -3.79. The first-order chi connectivity index (χ1) is 18.2. The second-order valence-corrected chi connectivity index (χ2v) is 12.2. The first kappa shape index (κ1) is 27.8. The van der Waals surface area contributed by atoms with Gasteiger partial charge < -0.3 is 10.2 Å². The summed E-state index contributed by atoms with van der Waals surface area (Å²) in [5.74, 6) is -0.456. The van der Waals surface area contributed by atoms with Crippen molar-refractivity contribution in [2.45, 2.75) is 38.6 Å².